The lowest BCUT2D eigenvalue weighted by atomic mass is 10.2. The third-order valence-corrected chi connectivity index (χ3v) is 5.66. The highest BCUT2D eigenvalue weighted by molar-refractivity contribution is 6.76. The van der Waals surface area contributed by atoms with Crippen LogP contribution in [0.25, 0.3) is 22.4 Å². The van der Waals surface area contributed by atoms with Crippen LogP contribution in [-0.2, 0) is 11.5 Å². The lowest BCUT2D eigenvalue weighted by Crippen LogP contribution is -2.21. The molecule has 7 heteroatoms. The number of pyridine rings is 1. The maximum absolute atomic E-state index is 5.83. The van der Waals surface area contributed by atoms with E-state index >= 15 is 0 Å². The number of ether oxygens (including phenoxy) is 2. The van der Waals surface area contributed by atoms with Crippen molar-refractivity contribution in [3.8, 4) is 17.3 Å². The van der Waals surface area contributed by atoms with Gasteiger partial charge in [0.25, 0.3) is 0 Å². The highest BCUT2D eigenvalue weighted by Gasteiger charge is 2.13. The Kier molecular flexibility index (Phi) is 5.15. The molecular formula is C18H24N4O2Si. The van der Waals surface area contributed by atoms with Gasteiger partial charge in [0.15, 0.2) is 5.82 Å². The highest BCUT2D eigenvalue weighted by Crippen LogP contribution is 2.25. The summed E-state index contributed by atoms with van der Waals surface area (Å²) in [5.41, 5.74) is 2.62. The monoisotopic (exact) mass is 356 g/mol. The van der Waals surface area contributed by atoms with Gasteiger partial charge in [-0.3, -0.25) is 0 Å². The molecule has 0 aromatic carbocycles. The van der Waals surface area contributed by atoms with Crippen molar-refractivity contribution in [3.63, 3.8) is 0 Å². The number of nitrogens with zero attached hydrogens (tertiary/aromatic N) is 4. The van der Waals surface area contributed by atoms with Gasteiger partial charge in [0, 0.05) is 27.1 Å². The molecular weight excluding hydrogens is 332 g/mol. The third kappa shape index (κ3) is 4.24. The number of fused-ring (bicyclic) bond motifs is 1. The van der Waals surface area contributed by atoms with Gasteiger partial charge in [-0.15, -0.1) is 0 Å². The van der Waals surface area contributed by atoms with Crippen LogP contribution < -0.4 is 4.74 Å². The summed E-state index contributed by atoms with van der Waals surface area (Å²) < 4.78 is 13.2. The Morgan fingerprint density at radius 3 is 2.76 bits per heavy atom. The largest absolute Gasteiger partial charge is 0.480 e. The maximum atomic E-state index is 5.83. The smallest absolute Gasteiger partial charge is 0.224 e. The summed E-state index contributed by atoms with van der Waals surface area (Å²) in [5.74, 6) is 1.13. The van der Waals surface area contributed by atoms with Crippen molar-refractivity contribution in [2.24, 2.45) is 0 Å². The van der Waals surface area contributed by atoms with Gasteiger partial charge in [0.1, 0.15) is 6.73 Å². The van der Waals surface area contributed by atoms with Crippen molar-refractivity contribution in [3.05, 3.63) is 36.8 Å². The molecule has 132 valence electrons. The van der Waals surface area contributed by atoms with Crippen molar-refractivity contribution in [2.75, 3.05) is 13.7 Å². The zero-order valence-corrected chi connectivity index (χ0v) is 16.2. The van der Waals surface area contributed by atoms with Gasteiger partial charge in [-0.1, -0.05) is 19.6 Å². The SMILES string of the molecule is COc1ncccc1-c1ncc2c(ccn2COCC[Si](C)(C)C)n1. The predicted molar refractivity (Wildman–Crippen MR) is 101 cm³/mol. The van der Waals surface area contributed by atoms with Crippen LogP contribution in [0.15, 0.2) is 36.8 Å². The van der Waals surface area contributed by atoms with E-state index in [1.165, 1.54) is 0 Å². The summed E-state index contributed by atoms with van der Waals surface area (Å²) in [6.07, 6.45) is 5.50. The Morgan fingerprint density at radius 1 is 1.16 bits per heavy atom. The lowest BCUT2D eigenvalue weighted by Gasteiger charge is -2.15. The highest BCUT2D eigenvalue weighted by atomic mass is 28.3. The second kappa shape index (κ2) is 7.33. The molecule has 0 spiro atoms. The molecule has 0 N–H and O–H groups in total. The van der Waals surface area contributed by atoms with Gasteiger partial charge in [-0.2, -0.15) is 0 Å². The molecule has 0 saturated carbocycles. The van der Waals surface area contributed by atoms with Crippen LogP contribution in [0.5, 0.6) is 5.88 Å². The normalized spacial score (nSPS) is 11.8. The zero-order valence-electron chi connectivity index (χ0n) is 15.2. The first-order chi connectivity index (χ1) is 12.0. The Hall–Kier alpha value is -2.25. The molecule has 6 nitrogen and oxygen atoms in total. The van der Waals surface area contributed by atoms with Crippen LogP contribution in [0.2, 0.25) is 25.7 Å². The molecule has 0 aliphatic heterocycles. The minimum Gasteiger partial charge on any atom is -0.480 e. The quantitative estimate of drug-likeness (QED) is 0.476. The second-order valence-corrected chi connectivity index (χ2v) is 12.8. The van der Waals surface area contributed by atoms with Crippen molar-refractivity contribution in [1.82, 2.24) is 19.5 Å². The number of hydrogen-bond acceptors (Lipinski definition) is 5. The molecule has 25 heavy (non-hydrogen) atoms. The second-order valence-electron chi connectivity index (χ2n) is 7.16. The summed E-state index contributed by atoms with van der Waals surface area (Å²) in [7, 11) is 0.532. The first-order valence-electron chi connectivity index (χ1n) is 8.37. The molecule has 0 atom stereocenters. The van der Waals surface area contributed by atoms with Crippen molar-refractivity contribution < 1.29 is 9.47 Å². The van der Waals surface area contributed by atoms with Crippen molar-refractivity contribution in [1.29, 1.82) is 0 Å². The molecule has 0 unspecified atom stereocenters. The van der Waals surface area contributed by atoms with E-state index < -0.39 is 8.07 Å². The molecule has 0 radical (unpaired) electrons. The fourth-order valence-electron chi connectivity index (χ4n) is 2.48. The lowest BCUT2D eigenvalue weighted by molar-refractivity contribution is 0.0902. The van der Waals surface area contributed by atoms with Crippen LogP contribution in [0.3, 0.4) is 0 Å². The minimum atomic E-state index is -1.06. The number of rotatable bonds is 7. The van der Waals surface area contributed by atoms with Crippen LogP contribution in [0, 0.1) is 0 Å². The van der Waals surface area contributed by atoms with E-state index in [4.69, 9.17) is 9.47 Å². The van der Waals surface area contributed by atoms with E-state index in [9.17, 15) is 0 Å². The van der Waals surface area contributed by atoms with Gasteiger partial charge >= 0.3 is 0 Å². The van der Waals surface area contributed by atoms with Crippen LogP contribution in [-0.4, -0.2) is 41.3 Å². The Morgan fingerprint density at radius 2 is 2.00 bits per heavy atom. The standard InChI is InChI=1S/C18H24N4O2Si/c1-23-18-14(6-5-8-19-18)17-20-12-16-15(21-17)7-9-22(16)13-24-10-11-25(2,3)4/h5-9,12H,10-11,13H2,1-4H3. The summed E-state index contributed by atoms with van der Waals surface area (Å²) in [5, 5.41) is 0. The van der Waals surface area contributed by atoms with E-state index in [0.29, 0.717) is 18.4 Å². The fourth-order valence-corrected chi connectivity index (χ4v) is 3.24. The summed E-state index contributed by atoms with van der Waals surface area (Å²) in [6.45, 7) is 8.37. The third-order valence-electron chi connectivity index (χ3n) is 3.95. The van der Waals surface area contributed by atoms with E-state index in [0.717, 1.165) is 29.2 Å². The van der Waals surface area contributed by atoms with Gasteiger partial charge in [0.05, 0.1) is 29.9 Å². The van der Waals surface area contributed by atoms with Crippen LogP contribution in [0.1, 0.15) is 0 Å². The molecule has 0 saturated heterocycles. The number of hydrogen-bond donors (Lipinski definition) is 0. The average Bonchev–Trinajstić information content (AvgIpc) is 3.00. The van der Waals surface area contributed by atoms with Crippen molar-refractivity contribution >= 4 is 19.1 Å². The van der Waals surface area contributed by atoms with E-state index in [1.54, 1.807) is 13.3 Å². The molecule has 0 aliphatic carbocycles. The van der Waals surface area contributed by atoms with Gasteiger partial charge in [-0.25, -0.2) is 15.0 Å². The predicted octanol–water partition coefficient (Wildman–Crippen LogP) is 3.81. The van der Waals surface area contributed by atoms with Gasteiger partial charge in [0.2, 0.25) is 5.88 Å². The molecule has 0 fully saturated rings. The topological polar surface area (TPSA) is 62.1 Å². The van der Waals surface area contributed by atoms with Crippen molar-refractivity contribution in [2.45, 2.75) is 32.4 Å². The average molecular weight is 357 g/mol. The van der Waals surface area contributed by atoms with E-state index in [-0.39, 0.29) is 0 Å². The van der Waals surface area contributed by atoms with Crippen LogP contribution >= 0.6 is 0 Å². The fraction of sp³-hybridized carbons (Fsp3) is 0.389. The number of methoxy groups -OCH3 is 1. The van der Waals surface area contributed by atoms with Gasteiger partial charge < -0.3 is 14.0 Å². The van der Waals surface area contributed by atoms with E-state index in [2.05, 4.69) is 34.6 Å². The molecule has 3 aromatic heterocycles. The summed E-state index contributed by atoms with van der Waals surface area (Å²) in [6, 6.07) is 6.89. The molecule has 0 aliphatic rings. The summed E-state index contributed by atoms with van der Waals surface area (Å²) in [4.78, 5) is 13.3. The zero-order chi connectivity index (χ0) is 17.9. The molecule has 0 amide bonds. The van der Waals surface area contributed by atoms with E-state index in [1.807, 2.05) is 35.2 Å². The Labute approximate surface area is 148 Å². The summed E-state index contributed by atoms with van der Waals surface area (Å²) >= 11 is 0. The van der Waals surface area contributed by atoms with Crippen LogP contribution in [0.4, 0.5) is 0 Å². The molecule has 3 heterocycles. The molecule has 3 aromatic rings. The first kappa shape index (κ1) is 17.6. The minimum absolute atomic E-state index is 0.521. The number of aromatic nitrogens is 4. The van der Waals surface area contributed by atoms with Gasteiger partial charge in [-0.05, 0) is 24.2 Å². The molecule has 0 bridgehead atoms. The Bertz CT molecular complexity index is 858. The first-order valence-corrected chi connectivity index (χ1v) is 12.1. The Balaban J connectivity index is 1.77. The molecule has 3 rings (SSSR count). The maximum Gasteiger partial charge on any atom is 0.224 e.